The minimum absolute atomic E-state index is 0.616. The Morgan fingerprint density at radius 3 is 1.14 bits per heavy atom. The van der Waals surface area contributed by atoms with E-state index in [9.17, 15) is 0 Å². The Hall–Kier alpha value is -5.98. The van der Waals surface area contributed by atoms with E-state index in [0.29, 0.717) is 13.2 Å². The SMILES string of the molecule is CCCCCCCCCCCCOc1cc(C#Cc2cnc3c(ccc4cccnc43)c2)c(OCCCCCCCCCCCC)cc1C#Cc1cnc2c(ccc3cccnc32)c1. The van der Waals surface area contributed by atoms with Crippen LogP contribution in [0.1, 0.15) is 165 Å². The third kappa shape index (κ3) is 13.5. The number of nitrogens with zero attached hydrogens (tertiary/aromatic N) is 4. The van der Waals surface area contributed by atoms with E-state index in [1.165, 1.54) is 103 Å². The summed E-state index contributed by atoms with van der Waals surface area (Å²) in [6.45, 7) is 5.79. The average molecular weight is 851 g/mol. The zero-order chi connectivity index (χ0) is 44.0. The summed E-state index contributed by atoms with van der Waals surface area (Å²) in [6.07, 6.45) is 32.7. The molecule has 4 aromatic heterocycles. The summed E-state index contributed by atoms with van der Waals surface area (Å²) >= 11 is 0. The van der Waals surface area contributed by atoms with Crippen LogP contribution in [0, 0.1) is 23.7 Å². The Balaban J connectivity index is 1.12. The van der Waals surface area contributed by atoms with Crippen LogP contribution in [-0.4, -0.2) is 33.1 Å². The lowest BCUT2D eigenvalue weighted by molar-refractivity contribution is 0.295. The normalized spacial score (nSPS) is 11.2. The molecular formula is C58H66N4O2. The first-order valence-electron chi connectivity index (χ1n) is 24.4. The summed E-state index contributed by atoms with van der Waals surface area (Å²) in [6, 6.07) is 24.7. The molecule has 0 atom stereocenters. The van der Waals surface area contributed by atoms with Crippen LogP contribution in [0.25, 0.3) is 43.6 Å². The lowest BCUT2D eigenvalue weighted by Gasteiger charge is -2.14. The van der Waals surface area contributed by atoms with E-state index in [2.05, 4.69) is 96.0 Å². The van der Waals surface area contributed by atoms with Gasteiger partial charge >= 0.3 is 0 Å². The standard InChI is InChI=1S/C58H66N4O2/c1-3-5-7-9-11-13-15-17-19-21-37-63-53-41-50(30-28-46-40-52-34-32-48-26-24-36-60-56(48)58(52)62-44-46)54(64-38-22-20-18-16-14-12-10-8-6-4-2)42-49(53)29-27-45-39-51-33-31-47-25-23-35-59-55(47)57(51)61-43-45/h23-26,31-36,39-44H,3-22,37-38H2,1-2H3. The molecule has 0 aliphatic heterocycles. The Morgan fingerprint density at radius 1 is 0.375 bits per heavy atom. The van der Waals surface area contributed by atoms with Gasteiger partial charge in [0.1, 0.15) is 11.5 Å². The Bertz CT molecular complexity index is 2520. The van der Waals surface area contributed by atoms with Crippen LogP contribution in [0.3, 0.4) is 0 Å². The predicted molar refractivity (Wildman–Crippen MR) is 267 cm³/mol. The van der Waals surface area contributed by atoms with Gasteiger partial charge in [-0.25, -0.2) is 0 Å². The minimum atomic E-state index is 0.616. The molecule has 0 saturated heterocycles. The van der Waals surface area contributed by atoms with Crippen molar-refractivity contribution in [3.05, 3.63) is 120 Å². The van der Waals surface area contributed by atoms with E-state index in [-0.39, 0.29) is 0 Å². The second kappa shape index (κ2) is 25.3. The van der Waals surface area contributed by atoms with Gasteiger partial charge in [0.15, 0.2) is 0 Å². The van der Waals surface area contributed by atoms with Crippen molar-refractivity contribution >= 4 is 43.6 Å². The van der Waals surface area contributed by atoms with Crippen LogP contribution >= 0.6 is 0 Å². The summed E-state index contributed by atoms with van der Waals surface area (Å²) in [5, 5.41) is 4.16. The van der Waals surface area contributed by atoms with Gasteiger partial charge in [-0.2, -0.15) is 0 Å². The monoisotopic (exact) mass is 851 g/mol. The van der Waals surface area contributed by atoms with Gasteiger partial charge in [-0.1, -0.05) is 190 Å². The molecule has 0 spiro atoms. The molecule has 0 amide bonds. The number of hydrogen-bond acceptors (Lipinski definition) is 6. The van der Waals surface area contributed by atoms with E-state index >= 15 is 0 Å². The van der Waals surface area contributed by atoms with Crippen molar-refractivity contribution in [2.75, 3.05) is 13.2 Å². The average Bonchev–Trinajstić information content (AvgIpc) is 3.33. The van der Waals surface area contributed by atoms with Gasteiger partial charge in [0, 0.05) is 69.6 Å². The van der Waals surface area contributed by atoms with Crippen molar-refractivity contribution in [2.24, 2.45) is 0 Å². The second-order valence-corrected chi connectivity index (χ2v) is 17.3. The number of fused-ring (bicyclic) bond motifs is 6. The van der Waals surface area contributed by atoms with E-state index in [4.69, 9.17) is 19.4 Å². The number of aromatic nitrogens is 4. The van der Waals surface area contributed by atoms with Gasteiger partial charge < -0.3 is 9.47 Å². The molecule has 7 aromatic rings. The van der Waals surface area contributed by atoms with Crippen molar-refractivity contribution in [1.29, 1.82) is 0 Å². The molecule has 0 fully saturated rings. The highest BCUT2D eigenvalue weighted by atomic mass is 16.5. The Labute approximate surface area is 382 Å². The predicted octanol–water partition coefficient (Wildman–Crippen LogP) is 15.3. The molecule has 4 heterocycles. The van der Waals surface area contributed by atoms with Gasteiger partial charge in [0.25, 0.3) is 0 Å². The molecule has 64 heavy (non-hydrogen) atoms. The molecule has 7 rings (SSSR count). The molecule has 0 bridgehead atoms. The molecule has 3 aromatic carbocycles. The van der Waals surface area contributed by atoms with Gasteiger partial charge in [0.2, 0.25) is 0 Å². The maximum atomic E-state index is 6.60. The topological polar surface area (TPSA) is 70.0 Å². The summed E-state index contributed by atoms with van der Waals surface area (Å²) < 4.78 is 13.2. The first-order chi connectivity index (χ1) is 31.7. The first kappa shape index (κ1) is 46.0. The number of benzene rings is 3. The third-order valence-corrected chi connectivity index (χ3v) is 12.1. The molecule has 330 valence electrons. The molecule has 0 saturated carbocycles. The van der Waals surface area contributed by atoms with Gasteiger partial charge in [-0.05, 0) is 37.1 Å². The quantitative estimate of drug-likeness (QED) is 0.0343. The number of hydrogen-bond donors (Lipinski definition) is 0. The highest BCUT2D eigenvalue weighted by molar-refractivity contribution is 6.03. The van der Waals surface area contributed by atoms with Crippen molar-refractivity contribution in [2.45, 2.75) is 142 Å². The second-order valence-electron chi connectivity index (χ2n) is 17.3. The highest BCUT2D eigenvalue weighted by Gasteiger charge is 2.12. The zero-order valence-electron chi connectivity index (χ0n) is 38.4. The molecule has 0 aliphatic rings. The van der Waals surface area contributed by atoms with E-state index in [1.807, 2.05) is 49.1 Å². The van der Waals surface area contributed by atoms with Crippen molar-refractivity contribution in [3.63, 3.8) is 0 Å². The summed E-state index contributed by atoms with van der Waals surface area (Å²) in [4.78, 5) is 18.8. The molecular weight excluding hydrogens is 785 g/mol. The summed E-state index contributed by atoms with van der Waals surface area (Å²) in [5.41, 5.74) is 6.76. The lowest BCUT2D eigenvalue weighted by atomic mass is 10.1. The van der Waals surface area contributed by atoms with Crippen LogP contribution < -0.4 is 9.47 Å². The first-order valence-corrected chi connectivity index (χ1v) is 24.4. The van der Waals surface area contributed by atoms with Crippen molar-refractivity contribution in [1.82, 2.24) is 19.9 Å². The largest absolute Gasteiger partial charge is 0.492 e. The van der Waals surface area contributed by atoms with Crippen molar-refractivity contribution in [3.8, 4) is 35.2 Å². The van der Waals surface area contributed by atoms with E-state index < -0.39 is 0 Å². The summed E-state index contributed by atoms with van der Waals surface area (Å²) in [5.74, 6) is 15.2. The fourth-order valence-electron chi connectivity index (χ4n) is 8.43. The van der Waals surface area contributed by atoms with Crippen LogP contribution in [0.15, 0.2) is 97.6 Å². The lowest BCUT2D eigenvalue weighted by Crippen LogP contribution is -2.03. The third-order valence-electron chi connectivity index (χ3n) is 12.1. The van der Waals surface area contributed by atoms with E-state index in [1.54, 1.807) is 0 Å². The molecule has 0 aliphatic carbocycles. The Kier molecular flexibility index (Phi) is 18.2. The summed E-state index contributed by atoms with van der Waals surface area (Å²) in [7, 11) is 0. The minimum Gasteiger partial charge on any atom is -0.492 e. The fourth-order valence-corrected chi connectivity index (χ4v) is 8.43. The van der Waals surface area contributed by atoms with Gasteiger partial charge in [0.05, 0.1) is 46.4 Å². The molecule has 0 radical (unpaired) electrons. The number of rotatable bonds is 24. The fraction of sp³-hybridized carbons (Fsp3) is 0.414. The number of ether oxygens (including phenoxy) is 2. The molecule has 6 heteroatoms. The Morgan fingerprint density at radius 2 is 0.734 bits per heavy atom. The van der Waals surface area contributed by atoms with Crippen LogP contribution in [0.5, 0.6) is 11.5 Å². The smallest absolute Gasteiger partial charge is 0.136 e. The van der Waals surface area contributed by atoms with Gasteiger partial charge in [-0.3, -0.25) is 19.9 Å². The molecule has 0 N–H and O–H groups in total. The van der Waals surface area contributed by atoms with Gasteiger partial charge in [-0.15, -0.1) is 0 Å². The molecule has 6 nitrogen and oxygen atoms in total. The molecule has 0 unspecified atom stereocenters. The number of unbranched alkanes of at least 4 members (excludes halogenated alkanes) is 18. The zero-order valence-corrected chi connectivity index (χ0v) is 38.4. The van der Waals surface area contributed by atoms with Crippen molar-refractivity contribution < 1.29 is 9.47 Å². The van der Waals surface area contributed by atoms with Crippen LogP contribution in [0.4, 0.5) is 0 Å². The number of pyridine rings is 4. The highest BCUT2D eigenvalue weighted by Crippen LogP contribution is 2.30. The van der Waals surface area contributed by atoms with Crippen LogP contribution in [-0.2, 0) is 0 Å². The maximum absolute atomic E-state index is 6.60. The van der Waals surface area contributed by atoms with Crippen LogP contribution in [0.2, 0.25) is 0 Å². The maximum Gasteiger partial charge on any atom is 0.136 e. The van der Waals surface area contributed by atoms with E-state index in [0.717, 1.165) is 103 Å².